The molecule has 0 saturated heterocycles. The van der Waals surface area contributed by atoms with E-state index in [9.17, 15) is 13.2 Å². The fourth-order valence-corrected chi connectivity index (χ4v) is 4.37. The molecule has 1 unspecified atom stereocenters. The molecule has 0 radical (unpaired) electrons. The Bertz CT molecular complexity index is 526. The standard InChI is InChI=1S/C8H9Cl2NO4S2/c1-4(8(12)15-2)11-17(13,14)5-3-6(9)16-7(5)10/h3-4,11H,1-2H3. The number of carbonyl (C=O) groups is 1. The van der Waals surface area contributed by atoms with Crippen LogP contribution in [0.5, 0.6) is 0 Å². The molecule has 1 N–H and O–H groups in total. The number of hydrogen-bond donors (Lipinski definition) is 1. The largest absolute Gasteiger partial charge is 0.468 e. The Hall–Kier alpha value is -0.340. The maximum absolute atomic E-state index is 11.8. The summed E-state index contributed by atoms with van der Waals surface area (Å²) in [5, 5.41) is 0. The Balaban J connectivity index is 2.97. The van der Waals surface area contributed by atoms with Gasteiger partial charge in [0.25, 0.3) is 0 Å². The van der Waals surface area contributed by atoms with Crippen molar-refractivity contribution in [3.05, 3.63) is 14.7 Å². The molecule has 0 aliphatic heterocycles. The Labute approximate surface area is 113 Å². The molecule has 1 heterocycles. The van der Waals surface area contributed by atoms with Gasteiger partial charge in [0, 0.05) is 0 Å². The Morgan fingerprint density at radius 1 is 1.53 bits per heavy atom. The minimum absolute atomic E-state index is 0.0413. The lowest BCUT2D eigenvalue weighted by Crippen LogP contribution is -2.39. The number of hydrogen-bond acceptors (Lipinski definition) is 5. The van der Waals surface area contributed by atoms with Crippen molar-refractivity contribution >= 4 is 50.5 Å². The fraction of sp³-hybridized carbons (Fsp3) is 0.375. The topological polar surface area (TPSA) is 72.5 Å². The highest BCUT2D eigenvalue weighted by Gasteiger charge is 2.26. The molecular formula is C8H9Cl2NO4S2. The summed E-state index contributed by atoms with van der Waals surface area (Å²) >= 11 is 12.3. The number of carbonyl (C=O) groups excluding carboxylic acids is 1. The third kappa shape index (κ3) is 3.56. The molecule has 5 nitrogen and oxygen atoms in total. The summed E-state index contributed by atoms with van der Waals surface area (Å²) in [4.78, 5) is 11.0. The molecule has 0 saturated carbocycles. The highest BCUT2D eigenvalue weighted by Crippen LogP contribution is 2.34. The number of thiophene rings is 1. The quantitative estimate of drug-likeness (QED) is 0.861. The summed E-state index contributed by atoms with van der Waals surface area (Å²) in [5.41, 5.74) is 0. The zero-order chi connectivity index (χ0) is 13.2. The highest BCUT2D eigenvalue weighted by atomic mass is 35.5. The van der Waals surface area contributed by atoms with E-state index in [0.29, 0.717) is 0 Å². The Kier molecular flexibility index (Phi) is 4.79. The summed E-state index contributed by atoms with van der Waals surface area (Å²) in [6.07, 6.45) is 0. The molecule has 1 aromatic heterocycles. The van der Waals surface area contributed by atoms with E-state index in [1.165, 1.54) is 20.1 Å². The van der Waals surface area contributed by atoms with Crippen LogP contribution in [0.3, 0.4) is 0 Å². The van der Waals surface area contributed by atoms with E-state index in [1.807, 2.05) is 0 Å². The van der Waals surface area contributed by atoms with Gasteiger partial charge in [-0.2, -0.15) is 4.72 Å². The van der Waals surface area contributed by atoms with E-state index in [1.54, 1.807) is 0 Å². The normalized spacial score (nSPS) is 13.4. The molecule has 0 aliphatic rings. The molecule has 9 heteroatoms. The molecule has 0 bridgehead atoms. The van der Waals surface area contributed by atoms with Gasteiger partial charge >= 0.3 is 5.97 Å². The number of methoxy groups -OCH3 is 1. The molecule has 1 atom stereocenters. The maximum atomic E-state index is 11.8. The Morgan fingerprint density at radius 3 is 2.53 bits per heavy atom. The minimum Gasteiger partial charge on any atom is -0.468 e. The third-order valence-corrected chi connectivity index (χ3v) is 5.10. The van der Waals surface area contributed by atoms with E-state index in [0.717, 1.165) is 11.3 Å². The first kappa shape index (κ1) is 14.7. The summed E-state index contributed by atoms with van der Waals surface area (Å²) in [5.74, 6) is -0.689. The van der Waals surface area contributed by atoms with Crippen LogP contribution in [-0.4, -0.2) is 27.5 Å². The first-order chi connectivity index (χ1) is 7.77. The van der Waals surface area contributed by atoms with Gasteiger partial charge in [-0.1, -0.05) is 23.2 Å². The van der Waals surface area contributed by atoms with Gasteiger partial charge in [0.1, 0.15) is 15.3 Å². The number of ether oxygens (including phenoxy) is 1. The summed E-state index contributed by atoms with van der Waals surface area (Å²) in [6, 6.07) is 0.223. The van der Waals surface area contributed by atoms with Crippen molar-refractivity contribution in [1.82, 2.24) is 4.72 Å². The molecule has 0 fully saturated rings. The van der Waals surface area contributed by atoms with E-state index in [-0.39, 0.29) is 13.6 Å². The average molecular weight is 318 g/mol. The van der Waals surface area contributed by atoms with Crippen molar-refractivity contribution in [2.45, 2.75) is 17.9 Å². The van der Waals surface area contributed by atoms with Gasteiger partial charge in [-0.25, -0.2) is 8.42 Å². The first-order valence-corrected chi connectivity index (χ1v) is 7.38. The van der Waals surface area contributed by atoms with E-state index < -0.39 is 22.0 Å². The third-order valence-electron chi connectivity index (χ3n) is 1.80. The molecule has 0 aliphatic carbocycles. The smallest absolute Gasteiger partial charge is 0.323 e. The predicted molar refractivity (Wildman–Crippen MR) is 66.1 cm³/mol. The zero-order valence-electron chi connectivity index (χ0n) is 8.86. The van der Waals surface area contributed by atoms with Crippen LogP contribution in [0.2, 0.25) is 8.67 Å². The van der Waals surface area contributed by atoms with Crippen LogP contribution in [-0.2, 0) is 19.6 Å². The lowest BCUT2D eigenvalue weighted by Gasteiger charge is -2.11. The number of esters is 1. The number of sulfonamides is 1. The van der Waals surface area contributed by atoms with Crippen LogP contribution in [0.25, 0.3) is 0 Å². The first-order valence-electron chi connectivity index (χ1n) is 4.33. The molecule has 1 rings (SSSR count). The fourth-order valence-electron chi connectivity index (χ4n) is 1.03. The van der Waals surface area contributed by atoms with Gasteiger partial charge in [0.05, 0.1) is 11.4 Å². The summed E-state index contributed by atoms with van der Waals surface area (Å²) in [7, 11) is -2.71. The predicted octanol–water partition coefficient (Wildman–Crippen LogP) is 1.89. The van der Waals surface area contributed by atoms with Gasteiger partial charge in [-0.05, 0) is 13.0 Å². The Morgan fingerprint density at radius 2 is 2.12 bits per heavy atom. The van der Waals surface area contributed by atoms with E-state index in [4.69, 9.17) is 23.2 Å². The lowest BCUT2D eigenvalue weighted by atomic mass is 10.4. The number of halogens is 2. The maximum Gasteiger partial charge on any atom is 0.323 e. The highest BCUT2D eigenvalue weighted by molar-refractivity contribution is 7.89. The van der Waals surface area contributed by atoms with Crippen LogP contribution in [0.1, 0.15) is 6.92 Å². The van der Waals surface area contributed by atoms with Crippen molar-refractivity contribution < 1.29 is 17.9 Å². The van der Waals surface area contributed by atoms with Crippen LogP contribution in [0.15, 0.2) is 11.0 Å². The molecule has 0 aromatic carbocycles. The van der Waals surface area contributed by atoms with Crippen LogP contribution >= 0.6 is 34.5 Å². The molecule has 96 valence electrons. The van der Waals surface area contributed by atoms with Crippen molar-refractivity contribution in [2.24, 2.45) is 0 Å². The molecule has 0 amide bonds. The zero-order valence-corrected chi connectivity index (χ0v) is 12.0. The second-order valence-electron chi connectivity index (χ2n) is 3.05. The second-order valence-corrected chi connectivity index (χ2v) is 7.02. The van der Waals surface area contributed by atoms with Gasteiger partial charge in [-0.15, -0.1) is 11.3 Å². The van der Waals surface area contributed by atoms with Gasteiger partial charge in [0.15, 0.2) is 0 Å². The molecule has 1 aromatic rings. The lowest BCUT2D eigenvalue weighted by molar-refractivity contribution is -0.142. The van der Waals surface area contributed by atoms with Crippen LogP contribution in [0.4, 0.5) is 0 Å². The van der Waals surface area contributed by atoms with Gasteiger partial charge in [0.2, 0.25) is 10.0 Å². The van der Waals surface area contributed by atoms with Crippen molar-refractivity contribution in [3.63, 3.8) is 0 Å². The van der Waals surface area contributed by atoms with Crippen LogP contribution < -0.4 is 4.72 Å². The SMILES string of the molecule is COC(=O)C(C)NS(=O)(=O)c1cc(Cl)sc1Cl. The van der Waals surface area contributed by atoms with Crippen molar-refractivity contribution in [3.8, 4) is 0 Å². The van der Waals surface area contributed by atoms with Crippen molar-refractivity contribution in [1.29, 1.82) is 0 Å². The molecule has 0 spiro atoms. The summed E-state index contributed by atoms with van der Waals surface area (Å²) in [6.45, 7) is 1.37. The second kappa shape index (κ2) is 5.53. The number of rotatable bonds is 4. The monoisotopic (exact) mass is 317 g/mol. The summed E-state index contributed by atoms with van der Waals surface area (Å²) < 4.78 is 30.5. The van der Waals surface area contributed by atoms with Gasteiger partial charge in [-0.3, -0.25) is 4.79 Å². The molecule has 17 heavy (non-hydrogen) atoms. The van der Waals surface area contributed by atoms with E-state index in [2.05, 4.69) is 9.46 Å². The number of nitrogens with one attached hydrogen (secondary N) is 1. The van der Waals surface area contributed by atoms with Gasteiger partial charge < -0.3 is 4.74 Å². The average Bonchev–Trinajstić information content (AvgIpc) is 2.56. The van der Waals surface area contributed by atoms with Crippen LogP contribution in [0, 0.1) is 0 Å². The van der Waals surface area contributed by atoms with Crippen molar-refractivity contribution in [2.75, 3.05) is 7.11 Å². The minimum atomic E-state index is -3.88. The van der Waals surface area contributed by atoms with E-state index >= 15 is 0 Å². The molecular weight excluding hydrogens is 309 g/mol.